The SMILES string of the molecule is CCc1cccc(C)c1NC(=O)C(C)Sc1ccc(NC(=O)/C(=C/c2cccc(Cl)c2Cl)NC(=O)c2ccccc2)cc1. The van der Waals surface area contributed by atoms with Gasteiger partial charge < -0.3 is 16.0 Å². The Labute approximate surface area is 265 Å². The Balaban J connectivity index is 1.46. The highest BCUT2D eigenvalue weighted by Gasteiger charge is 2.18. The van der Waals surface area contributed by atoms with Gasteiger partial charge in [0.25, 0.3) is 11.8 Å². The van der Waals surface area contributed by atoms with Crippen LogP contribution < -0.4 is 16.0 Å². The minimum absolute atomic E-state index is 0.00980. The van der Waals surface area contributed by atoms with Crippen molar-refractivity contribution in [3.05, 3.63) is 129 Å². The molecule has 6 nitrogen and oxygen atoms in total. The molecule has 0 radical (unpaired) electrons. The number of amides is 3. The molecule has 0 aliphatic carbocycles. The summed E-state index contributed by atoms with van der Waals surface area (Å²) in [7, 11) is 0. The Morgan fingerprint density at radius 1 is 0.860 bits per heavy atom. The van der Waals surface area contributed by atoms with Crippen molar-refractivity contribution in [3.63, 3.8) is 0 Å². The molecule has 3 N–H and O–H groups in total. The molecule has 0 bridgehead atoms. The van der Waals surface area contributed by atoms with E-state index in [-0.39, 0.29) is 21.9 Å². The molecular formula is C34H31Cl2N3O3S. The lowest BCUT2D eigenvalue weighted by Crippen LogP contribution is -2.30. The summed E-state index contributed by atoms with van der Waals surface area (Å²) in [4.78, 5) is 40.1. The molecule has 4 aromatic rings. The average molecular weight is 633 g/mol. The topological polar surface area (TPSA) is 87.3 Å². The Morgan fingerprint density at radius 3 is 2.26 bits per heavy atom. The molecular weight excluding hydrogens is 601 g/mol. The summed E-state index contributed by atoms with van der Waals surface area (Å²) in [5.74, 6) is -1.08. The third kappa shape index (κ3) is 8.51. The van der Waals surface area contributed by atoms with Crippen molar-refractivity contribution in [2.75, 3.05) is 10.6 Å². The third-order valence-electron chi connectivity index (χ3n) is 6.59. The van der Waals surface area contributed by atoms with E-state index in [0.29, 0.717) is 21.8 Å². The molecule has 0 saturated heterocycles. The number of thioether (sulfide) groups is 1. The number of benzene rings is 4. The van der Waals surface area contributed by atoms with Crippen LogP contribution in [0, 0.1) is 6.92 Å². The summed E-state index contributed by atoms with van der Waals surface area (Å²) in [5.41, 5.74) is 4.35. The average Bonchev–Trinajstić information content (AvgIpc) is 3.01. The van der Waals surface area contributed by atoms with Crippen LogP contribution in [0.3, 0.4) is 0 Å². The molecule has 3 amide bonds. The number of rotatable bonds is 10. The van der Waals surface area contributed by atoms with Crippen molar-refractivity contribution in [3.8, 4) is 0 Å². The molecule has 0 heterocycles. The molecule has 4 aromatic carbocycles. The number of para-hydroxylation sites is 1. The van der Waals surface area contributed by atoms with E-state index in [0.717, 1.165) is 28.1 Å². The number of hydrogen-bond donors (Lipinski definition) is 3. The first kappa shape index (κ1) is 31.9. The second kappa shape index (κ2) is 14.9. The van der Waals surface area contributed by atoms with Gasteiger partial charge in [0.15, 0.2) is 0 Å². The van der Waals surface area contributed by atoms with E-state index in [9.17, 15) is 14.4 Å². The molecule has 220 valence electrons. The minimum atomic E-state index is -0.543. The molecule has 0 aliphatic rings. The number of hydrogen-bond acceptors (Lipinski definition) is 4. The van der Waals surface area contributed by atoms with Gasteiger partial charge in [-0.15, -0.1) is 11.8 Å². The number of carbonyl (C=O) groups is 3. The van der Waals surface area contributed by atoms with Crippen LogP contribution in [0.4, 0.5) is 11.4 Å². The zero-order chi connectivity index (χ0) is 30.9. The van der Waals surface area contributed by atoms with Crippen LogP contribution in [0.25, 0.3) is 6.08 Å². The van der Waals surface area contributed by atoms with Gasteiger partial charge in [-0.1, -0.05) is 78.7 Å². The van der Waals surface area contributed by atoms with Gasteiger partial charge in [0.05, 0.1) is 15.3 Å². The van der Waals surface area contributed by atoms with Crippen LogP contribution in [-0.4, -0.2) is 23.0 Å². The van der Waals surface area contributed by atoms with E-state index in [1.165, 1.54) is 17.8 Å². The fourth-order valence-electron chi connectivity index (χ4n) is 4.23. The second-order valence-electron chi connectivity index (χ2n) is 9.71. The number of carbonyl (C=O) groups excluding carboxylic acids is 3. The predicted octanol–water partition coefficient (Wildman–Crippen LogP) is 8.39. The molecule has 9 heteroatoms. The standard InChI is InChI=1S/C34H31Cl2N3O3S/c1-4-23-13-8-10-21(2)31(23)39-32(40)22(3)43-27-18-16-26(17-19-27)37-34(42)29(20-25-14-9-15-28(35)30(25)36)38-33(41)24-11-6-5-7-12-24/h5-20,22H,4H2,1-3H3,(H,37,42)(H,38,41)(H,39,40)/b29-20-. The van der Waals surface area contributed by atoms with Gasteiger partial charge in [-0.05, 0) is 85.5 Å². The van der Waals surface area contributed by atoms with Gasteiger partial charge >= 0.3 is 0 Å². The summed E-state index contributed by atoms with van der Waals surface area (Å²) >= 11 is 13.9. The highest BCUT2D eigenvalue weighted by molar-refractivity contribution is 8.00. The monoisotopic (exact) mass is 631 g/mol. The van der Waals surface area contributed by atoms with Crippen LogP contribution in [0.5, 0.6) is 0 Å². The zero-order valence-electron chi connectivity index (χ0n) is 23.9. The molecule has 0 spiro atoms. The smallest absolute Gasteiger partial charge is 0.272 e. The summed E-state index contributed by atoms with van der Waals surface area (Å²) < 4.78 is 0. The summed E-state index contributed by atoms with van der Waals surface area (Å²) in [6, 6.07) is 26.7. The molecule has 1 atom stereocenters. The van der Waals surface area contributed by atoms with E-state index >= 15 is 0 Å². The van der Waals surface area contributed by atoms with E-state index < -0.39 is 11.8 Å². The molecule has 0 aliphatic heterocycles. The Bertz CT molecular complexity index is 1660. The maximum Gasteiger partial charge on any atom is 0.272 e. The van der Waals surface area contributed by atoms with E-state index in [1.807, 2.05) is 44.2 Å². The maximum absolute atomic E-state index is 13.4. The largest absolute Gasteiger partial charge is 0.325 e. The van der Waals surface area contributed by atoms with E-state index in [2.05, 4.69) is 22.9 Å². The highest BCUT2D eigenvalue weighted by atomic mass is 35.5. The van der Waals surface area contributed by atoms with Gasteiger partial charge in [-0.25, -0.2) is 0 Å². The third-order valence-corrected chi connectivity index (χ3v) is 8.54. The van der Waals surface area contributed by atoms with Gasteiger partial charge in [-0.3, -0.25) is 14.4 Å². The van der Waals surface area contributed by atoms with Crippen LogP contribution >= 0.6 is 35.0 Å². The predicted molar refractivity (Wildman–Crippen MR) is 178 cm³/mol. The first-order valence-corrected chi connectivity index (χ1v) is 15.3. The van der Waals surface area contributed by atoms with Crippen molar-refractivity contribution in [1.82, 2.24) is 5.32 Å². The maximum atomic E-state index is 13.4. The van der Waals surface area contributed by atoms with E-state index in [4.69, 9.17) is 23.2 Å². The molecule has 4 rings (SSSR count). The molecule has 0 aromatic heterocycles. The van der Waals surface area contributed by atoms with Crippen molar-refractivity contribution < 1.29 is 14.4 Å². The zero-order valence-corrected chi connectivity index (χ0v) is 26.2. The second-order valence-corrected chi connectivity index (χ2v) is 11.9. The van der Waals surface area contributed by atoms with Crippen molar-refractivity contribution in [2.45, 2.75) is 37.3 Å². The number of aryl methyl sites for hydroxylation is 2. The van der Waals surface area contributed by atoms with Crippen LogP contribution in [0.1, 0.15) is 40.9 Å². The number of anilines is 2. The van der Waals surface area contributed by atoms with Gasteiger partial charge in [0.1, 0.15) is 5.70 Å². The molecule has 43 heavy (non-hydrogen) atoms. The Kier molecular flexibility index (Phi) is 11.1. The fraction of sp³-hybridized carbons (Fsp3) is 0.147. The highest BCUT2D eigenvalue weighted by Crippen LogP contribution is 2.29. The fourth-order valence-corrected chi connectivity index (χ4v) is 5.46. The van der Waals surface area contributed by atoms with Gasteiger partial charge in [0.2, 0.25) is 5.91 Å². The summed E-state index contributed by atoms with van der Waals surface area (Å²) in [6.45, 7) is 5.90. The first-order chi connectivity index (χ1) is 20.7. The van der Waals surface area contributed by atoms with Crippen molar-refractivity contribution in [1.29, 1.82) is 0 Å². The van der Waals surface area contributed by atoms with Crippen LogP contribution in [0.15, 0.2) is 102 Å². The number of halogens is 2. The van der Waals surface area contributed by atoms with Gasteiger partial charge in [0, 0.05) is 21.8 Å². The first-order valence-electron chi connectivity index (χ1n) is 13.7. The van der Waals surface area contributed by atoms with E-state index in [1.54, 1.807) is 60.7 Å². The summed E-state index contributed by atoms with van der Waals surface area (Å²) in [5, 5.41) is 8.82. The summed E-state index contributed by atoms with van der Waals surface area (Å²) in [6.07, 6.45) is 2.30. The lowest BCUT2D eigenvalue weighted by molar-refractivity contribution is -0.115. The Morgan fingerprint density at radius 2 is 1.56 bits per heavy atom. The van der Waals surface area contributed by atoms with Crippen LogP contribution in [0.2, 0.25) is 10.0 Å². The molecule has 0 fully saturated rings. The quantitative estimate of drug-likeness (QED) is 0.121. The normalized spacial score (nSPS) is 11.9. The minimum Gasteiger partial charge on any atom is -0.325 e. The van der Waals surface area contributed by atoms with Crippen LogP contribution in [-0.2, 0) is 16.0 Å². The lowest BCUT2D eigenvalue weighted by Gasteiger charge is -2.16. The van der Waals surface area contributed by atoms with Gasteiger partial charge in [-0.2, -0.15) is 0 Å². The lowest BCUT2D eigenvalue weighted by atomic mass is 10.1. The van der Waals surface area contributed by atoms with Crippen molar-refractivity contribution in [2.24, 2.45) is 0 Å². The number of nitrogens with one attached hydrogen (secondary N) is 3. The Hall–Kier alpha value is -4.04. The van der Waals surface area contributed by atoms with Crippen molar-refractivity contribution >= 4 is 70.1 Å². The molecule has 0 saturated carbocycles. The molecule has 1 unspecified atom stereocenters.